The van der Waals surface area contributed by atoms with E-state index in [1.54, 1.807) is 43.5 Å². The summed E-state index contributed by atoms with van der Waals surface area (Å²) in [5, 5.41) is 0.631. The highest BCUT2D eigenvalue weighted by Crippen LogP contribution is 2.34. The van der Waals surface area contributed by atoms with Gasteiger partial charge in [-0.3, -0.25) is 4.90 Å². The van der Waals surface area contributed by atoms with Crippen LogP contribution in [0.25, 0.3) is 0 Å². The molecule has 186 valence electrons. The number of piperazine rings is 1. The Hall–Kier alpha value is -2.49. The minimum absolute atomic E-state index is 0.352. The average Bonchev–Trinajstić information content (AvgIpc) is 2.81. The Kier molecular flexibility index (Phi) is 8.09. The number of halogens is 5. The minimum atomic E-state index is -4.27. The van der Waals surface area contributed by atoms with Crippen LogP contribution in [-0.4, -0.2) is 48.0 Å². The molecule has 4 nitrogen and oxygen atoms in total. The van der Waals surface area contributed by atoms with Gasteiger partial charge in [0.1, 0.15) is 11.6 Å². The summed E-state index contributed by atoms with van der Waals surface area (Å²) in [4.78, 5) is 8.94. The van der Waals surface area contributed by atoms with Gasteiger partial charge in [0, 0.05) is 54.9 Å². The maximum absolute atomic E-state index is 14.6. The van der Waals surface area contributed by atoms with E-state index in [9.17, 15) is 17.6 Å². The van der Waals surface area contributed by atoms with Crippen LogP contribution in [0.5, 0.6) is 11.6 Å². The normalized spacial score (nSPS) is 14.9. The summed E-state index contributed by atoms with van der Waals surface area (Å²) >= 11 is 6.58. The first-order valence-electron chi connectivity index (χ1n) is 11.0. The van der Waals surface area contributed by atoms with Gasteiger partial charge in [-0.1, -0.05) is 17.7 Å². The highest BCUT2D eigenvalue weighted by Gasteiger charge is 2.28. The fourth-order valence-corrected chi connectivity index (χ4v) is 4.72. The molecule has 0 amide bonds. The number of ether oxygens (including phenoxy) is 1. The van der Waals surface area contributed by atoms with Crippen molar-refractivity contribution in [3.63, 3.8) is 0 Å². The first kappa shape index (κ1) is 25.6. The fourth-order valence-electron chi connectivity index (χ4n) is 3.79. The molecule has 0 saturated carbocycles. The predicted octanol–water partition coefficient (Wildman–Crippen LogP) is 6.95. The van der Waals surface area contributed by atoms with Crippen molar-refractivity contribution < 1.29 is 22.3 Å². The number of aryl methyl sites for hydroxylation is 1. The van der Waals surface area contributed by atoms with Gasteiger partial charge >= 0.3 is 6.18 Å². The van der Waals surface area contributed by atoms with Gasteiger partial charge in [0.15, 0.2) is 0 Å². The highest BCUT2D eigenvalue weighted by molar-refractivity contribution is 7.99. The Morgan fingerprint density at radius 2 is 1.74 bits per heavy atom. The van der Waals surface area contributed by atoms with Gasteiger partial charge in [-0.2, -0.15) is 13.2 Å². The van der Waals surface area contributed by atoms with Gasteiger partial charge in [0.05, 0.1) is 11.4 Å². The largest absolute Gasteiger partial charge is 0.439 e. The smallest absolute Gasteiger partial charge is 0.398 e. The van der Waals surface area contributed by atoms with Gasteiger partial charge in [-0.15, -0.1) is 11.8 Å². The van der Waals surface area contributed by atoms with E-state index in [0.717, 1.165) is 5.56 Å². The summed E-state index contributed by atoms with van der Waals surface area (Å²) in [6.07, 6.45) is -2.51. The highest BCUT2D eigenvalue weighted by atomic mass is 35.5. The van der Waals surface area contributed by atoms with Crippen molar-refractivity contribution >= 4 is 29.1 Å². The van der Waals surface area contributed by atoms with E-state index in [1.165, 1.54) is 6.07 Å². The molecule has 0 bridgehead atoms. The van der Waals surface area contributed by atoms with E-state index in [1.807, 2.05) is 17.0 Å². The van der Waals surface area contributed by atoms with Crippen LogP contribution >= 0.6 is 23.4 Å². The Labute approximate surface area is 210 Å². The van der Waals surface area contributed by atoms with Gasteiger partial charge in [-0.05, 0) is 54.4 Å². The van der Waals surface area contributed by atoms with Crippen molar-refractivity contribution in [1.82, 2.24) is 9.88 Å². The molecule has 0 radical (unpaired) electrons. The third-order valence-corrected chi connectivity index (χ3v) is 7.06. The Balaban J connectivity index is 1.32. The van der Waals surface area contributed by atoms with E-state index in [2.05, 4.69) is 9.88 Å². The molecular weight excluding hydrogens is 502 g/mol. The van der Waals surface area contributed by atoms with Gasteiger partial charge in [-0.25, -0.2) is 9.37 Å². The average molecular weight is 526 g/mol. The summed E-state index contributed by atoms with van der Waals surface area (Å²) in [6, 6.07) is 13.7. The van der Waals surface area contributed by atoms with Crippen molar-refractivity contribution in [1.29, 1.82) is 0 Å². The Bertz CT molecular complexity index is 1140. The molecular formula is C25H24ClF4N3OS. The number of anilines is 1. The van der Waals surface area contributed by atoms with Crippen molar-refractivity contribution in [2.75, 3.05) is 36.8 Å². The van der Waals surface area contributed by atoms with Crippen molar-refractivity contribution in [3.8, 4) is 11.6 Å². The second-order valence-corrected chi connectivity index (χ2v) is 9.75. The lowest BCUT2D eigenvalue weighted by Crippen LogP contribution is -2.46. The van der Waals surface area contributed by atoms with Crippen LogP contribution in [0.2, 0.25) is 5.02 Å². The molecule has 0 spiro atoms. The second-order valence-electron chi connectivity index (χ2n) is 8.30. The van der Waals surface area contributed by atoms with E-state index in [4.69, 9.17) is 16.3 Å². The molecule has 1 aliphatic rings. The quantitative estimate of drug-likeness (QED) is 0.246. The van der Waals surface area contributed by atoms with Gasteiger partial charge in [0.25, 0.3) is 0 Å². The Morgan fingerprint density at radius 3 is 2.37 bits per heavy atom. The number of rotatable bonds is 7. The molecule has 0 N–H and O–H groups in total. The monoisotopic (exact) mass is 525 g/mol. The second kappa shape index (κ2) is 11.1. The summed E-state index contributed by atoms with van der Waals surface area (Å²) in [7, 11) is 0. The van der Waals surface area contributed by atoms with Gasteiger partial charge < -0.3 is 9.64 Å². The van der Waals surface area contributed by atoms with Crippen molar-refractivity contribution in [2.24, 2.45) is 0 Å². The number of benzene rings is 2. The zero-order chi connectivity index (χ0) is 25.0. The molecule has 1 saturated heterocycles. The number of aromatic nitrogens is 1. The van der Waals surface area contributed by atoms with Crippen LogP contribution in [0.1, 0.15) is 11.1 Å². The van der Waals surface area contributed by atoms with Crippen LogP contribution in [0.4, 0.5) is 23.2 Å². The third-order valence-electron chi connectivity index (χ3n) is 5.59. The van der Waals surface area contributed by atoms with Crippen molar-refractivity contribution in [3.05, 3.63) is 76.7 Å². The maximum Gasteiger partial charge on any atom is 0.398 e. The van der Waals surface area contributed by atoms with Crippen LogP contribution in [0.15, 0.2) is 59.6 Å². The summed E-state index contributed by atoms with van der Waals surface area (Å²) in [5.41, 5.74) is 1.88. The summed E-state index contributed by atoms with van der Waals surface area (Å²) < 4.78 is 58.3. The fraction of sp³-hybridized carbons (Fsp3) is 0.320. The molecule has 1 fully saturated rings. The predicted molar refractivity (Wildman–Crippen MR) is 131 cm³/mol. The van der Waals surface area contributed by atoms with Crippen molar-refractivity contribution in [2.45, 2.75) is 24.5 Å². The molecule has 1 aliphatic heterocycles. The number of nitrogens with zero attached hydrogens (tertiary/aromatic N) is 3. The van der Waals surface area contributed by atoms with Crippen LogP contribution in [-0.2, 0) is 6.54 Å². The minimum Gasteiger partial charge on any atom is -0.439 e. The van der Waals surface area contributed by atoms with E-state index >= 15 is 0 Å². The maximum atomic E-state index is 14.6. The first-order valence-corrected chi connectivity index (χ1v) is 12.4. The van der Waals surface area contributed by atoms with Crippen LogP contribution in [0, 0.1) is 12.7 Å². The Morgan fingerprint density at radius 1 is 1.03 bits per heavy atom. The number of alkyl halides is 3. The number of hydrogen-bond donors (Lipinski definition) is 0. The topological polar surface area (TPSA) is 28.6 Å². The molecule has 0 unspecified atom stereocenters. The summed E-state index contributed by atoms with van der Waals surface area (Å²) in [6.45, 7) is 4.86. The zero-order valence-corrected chi connectivity index (χ0v) is 20.6. The standard InChI is InChI=1S/C25H24ClF4N3OS/c1-17-12-21(27)22(13-23(17)35-16-25(28,29)30)33-10-8-32(9-11-33)15-18-2-7-24(31-14-18)34-20-5-3-19(26)4-6-20/h2-7,12-14H,8-11,15-16H2,1H3. The third kappa shape index (κ3) is 7.25. The van der Waals surface area contributed by atoms with E-state index in [-0.39, 0.29) is 0 Å². The van der Waals surface area contributed by atoms with E-state index in [0.29, 0.717) is 77.3 Å². The van der Waals surface area contributed by atoms with Crippen LogP contribution < -0.4 is 9.64 Å². The zero-order valence-electron chi connectivity index (χ0n) is 19.0. The lowest BCUT2D eigenvalue weighted by molar-refractivity contribution is -0.105. The SMILES string of the molecule is Cc1cc(F)c(N2CCN(Cc3ccc(Oc4ccc(Cl)cc4)nc3)CC2)cc1SCC(F)(F)F. The number of thioether (sulfide) groups is 1. The molecule has 0 atom stereocenters. The number of hydrogen-bond acceptors (Lipinski definition) is 5. The molecule has 4 rings (SSSR count). The molecule has 2 aromatic carbocycles. The van der Waals surface area contributed by atoms with Gasteiger partial charge in [0.2, 0.25) is 5.88 Å². The van der Waals surface area contributed by atoms with Crippen LogP contribution in [0.3, 0.4) is 0 Å². The lowest BCUT2D eigenvalue weighted by atomic mass is 10.1. The number of pyridine rings is 1. The molecule has 1 aromatic heterocycles. The molecule has 35 heavy (non-hydrogen) atoms. The molecule has 3 aromatic rings. The first-order chi connectivity index (χ1) is 16.7. The van der Waals surface area contributed by atoms with E-state index < -0.39 is 17.7 Å². The lowest BCUT2D eigenvalue weighted by Gasteiger charge is -2.36. The molecule has 10 heteroatoms. The molecule has 0 aliphatic carbocycles. The molecule has 2 heterocycles. The summed E-state index contributed by atoms with van der Waals surface area (Å²) in [5.74, 6) is -0.277.